The van der Waals surface area contributed by atoms with Gasteiger partial charge in [0.15, 0.2) is 9.84 Å². The van der Waals surface area contributed by atoms with Gasteiger partial charge in [0.25, 0.3) is 0 Å². The lowest BCUT2D eigenvalue weighted by atomic mass is 9.86. The maximum absolute atomic E-state index is 11.4. The first kappa shape index (κ1) is 10.4. The van der Waals surface area contributed by atoms with Gasteiger partial charge >= 0.3 is 0 Å². The van der Waals surface area contributed by atoms with Crippen LogP contribution >= 0.6 is 0 Å². The van der Waals surface area contributed by atoms with Crippen molar-refractivity contribution in [1.29, 1.82) is 0 Å². The molecule has 0 amide bonds. The van der Waals surface area contributed by atoms with Crippen molar-refractivity contribution in [3.8, 4) is 0 Å². The lowest BCUT2D eigenvalue weighted by Gasteiger charge is -2.28. The maximum Gasteiger partial charge on any atom is 0.150 e. The molecule has 0 aromatic carbocycles. The topological polar surface area (TPSA) is 54.4 Å². The second-order valence-corrected chi connectivity index (χ2v) is 6.93. The van der Waals surface area contributed by atoms with Gasteiger partial charge < -0.3 is 5.11 Å². The summed E-state index contributed by atoms with van der Waals surface area (Å²) in [6.07, 6.45) is 4.14. The van der Waals surface area contributed by atoms with Gasteiger partial charge in [-0.25, -0.2) is 8.42 Å². The van der Waals surface area contributed by atoms with E-state index in [-0.39, 0.29) is 18.4 Å². The van der Waals surface area contributed by atoms with Crippen LogP contribution in [0.15, 0.2) is 0 Å². The molecule has 1 N–H and O–H groups in total. The van der Waals surface area contributed by atoms with Gasteiger partial charge in [0.05, 0.1) is 11.5 Å². The van der Waals surface area contributed by atoms with Crippen LogP contribution in [0.5, 0.6) is 0 Å². The van der Waals surface area contributed by atoms with Gasteiger partial charge in [-0.05, 0) is 43.4 Å². The van der Waals surface area contributed by atoms with Gasteiger partial charge in [0.2, 0.25) is 0 Å². The molecular formula is C10H18O3S. The average Bonchev–Trinajstić information content (AvgIpc) is 2.88. The molecule has 0 aromatic heterocycles. The Balaban J connectivity index is 2.01. The van der Waals surface area contributed by atoms with Crippen LogP contribution in [0, 0.1) is 17.8 Å². The smallest absolute Gasteiger partial charge is 0.150 e. The van der Waals surface area contributed by atoms with Crippen molar-refractivity contribution in [3.63, 3.8) is 0 Å². The van der Waals surface area contributed by atoms with Crippen molar-refractivity contribution >= 4 is 9.84 Å². The molecule has 2 unspecified atom stereocenters. The van der Waals surface area contributed by atoms with Gasteiger partial charge in [-0.2, -0.15) is 0 Å². The molecule has 2 fully saturated rings. The number of aliphatic hydroxyl groups is 1. The van der Waals surface area contributed by atoms with Crippen molar-refractivity contribution in [3.05, 3.63) is 0 Å². The van der Waals surface area contributed by atoms with E-state index in [9.17, 15) is 13.5 Å². The van der Waals surface area contributed by atoms with E-state index in [1.165, 1.54) is 12.8 Å². The van der Waals surface area contributed by atoms with Gasteiger partial charge in [0, 0.05) is 6.61 Å². The lowest BCUT2D eigenvalue weighted by Crippen LogP contribution is -2.32. The number of hydrogen-bond acceptors (Lipinski definition) is 3. The molecule has 0 spiro atoms. The van der Waals surface area contributed by atoms with E-state index in [1.54, 1.807) is 0 Å². The minimum atomic E-state index is -2.80. The quantitative estimate of drug-likeness (QED) is 0.763. The molecule has 0 bridgehead atoms. The van der Waals surface area contributed by atoms with Gasteiger partial charge in [-0.3, -0.25) is 0 Å². The minimum absolute atomic E-state index is 0.171. The number of aliphatic hydroxyl groups excluding tert-OH is 1. The highest BCUT2D eigenvalue weighted by atomic mass is 32.2. The Morgan fingerprint density at radius 3 is 2.43 bits per heavy atom. The first-order valence-electron chi connectivity index (χ1n) is 5.43. The molecule has 2 aliphatic rings. The molecule has 1 aliphatic heterocycles. The molecule has 1 saturated heterocycles. The average molecular weight is 218 g/mol. The van der Waals surface area contributed by atoms with Crippen LogP contribution in [0.1, 0.15) is 25.7 Å². The summed E-state index contributed by atoms with van der Waals surface area (Å²) >= 11 is 0. The van der Waals surface area contributed by atoms with E-state index in [0.29, 0.717) is 17.4 Å². The Hall–Kier alpha value is -0.0900. The lowest BCUT2D eigenvalue weighted by molar-refractivity contribution is 0.157. The molecule has 14 heavy (non-hydrogen) atoms. The van der Waals surface area contributed by atoms with Crippen molar-refractivity contribution in [1.82, 2.24) is 0 Å². The molecule has 4 heteroatoms. The van der Waals surface area contributed by atoms with Crippen molar-refractivity contribution in [2.24, 2.45) is 17.8 Å². The third-order valence-electron chi connectivity index (χ3n) is 3.54. The van der Waals surface area contributed by atoms with Crippen molar-refractivity contribution in [2.45, 2.75) is 25.7 Å². The Morgan fingerprint density at radius 1 is 1.21 bits per heavy atom. The standard InChI is InChI=1S/C10H18O3S/c11-6-10(8-3-4-8)9-2-1-5-14(12,13)7-9/h8-11H,1-7H2. The monoisotopic (exact) mass is 218 g/mol. The summed E-state index contributed by atoms with van der Waals surface area (Å²) in [6.45, 7) is 0.171. The zero-order valence-electron chi connectivity index (χ0n) is 8.35. The number of hydrogen-bond donors (Lipinski definition) is 1. The van der Waals surface area contributed by atoms with Gasteiger partial charge in [0.1, 0.15) is 0 Å². The van der Waals surface area contributed by atoms with Crippen LogP contribution in [-0.2, 0) is 9.84 Å². The SMILES string of the molecule is O=S1(=O)CCCC(C(CO)C2CC2)C1. The van der Waals surface area contributed by atoms with Crippen LogP contribution in [0.3, 0.4) is 0 Å². The molecular weight excluding hydrogens is 200 g/mol. The minimum Gasteiger partial charge on any atom is -0.396 e. The van der Waals surface area contributed by atoms with Gasteiger partial charge in [-0.15, -0.1) is 0 Å². The van der Waals surface area contributed by atoms with Crippen LogP contribution in [0.25, 0.3) is 0 Å². The summed E-state index contributed by atoms with van der Waals surface area (Å²) in [5.74, 6) is 1.76. The summed E-state index contributed by atoms with van der Waals surface area (Å²) in [6, 6.07) is 0. The molecule has 0 radical (unpaired) electrons. The van der Waals surface area contributed by atoms with E-state index in [2.05, 4.69) is 0 Å². The molecule has 2 atom stereocenters. The summed E-state index contributed by atoms with van der Waals surface area (Å²) in [4.78, 5) is 0. The van der Waals surface area contributed by atoms with Crippen molar-refractivity contribution < 1.29 is 13.5 Å². The molecule has 2 rings (SSSR count). The fraction of sp³-hybridized carbons (Fsp3) is 1.00. The summed E-state index contributed by atoms with van der Waals surface area (Å²) in [5, 5.41) is 9.26. The Bertz CT molecular complexity index is 292. The fourth-order valence-corrected chi connectivity index (χ4v) is 4.44. The van der Waals surface area contributed by atoms with E-state index in [0.717, 1.165) is 12.8 Å². The third kappa shape index (κ3) is 2.28. The molecule has 3 nitrogen and oxygen atoms in total. The molecule has 82 valence electrons. The summed E-state index contributed by atoms with van der Waals surface area (Å²) < 4.78 is 22.9. The van der Waals surface area contributed by atoms with E-state index >= 15 is 0 Å². The zero-order chi connectivity index (χ0) is 10.2. The Labute approximate surface area is 85.4 Å². The Kier molecular flexibility index (Phi) is 2.84. The third-order valence-corrected chi connectivity index (χ3v) is 5.39. The zero-order valence-corrected chi connectivity index (χ0v) is 9.17. The summed E-state index contributed by atoms with van der Waals surface area (Å²) in [7, 11) is -2.80. The predicted molar refractivity (Wildman–Crippen MR) is 54.7 cm³/mol. The maximum atomic E-state index is 11.4. The Morgan fingerprint density at radius 2 is 1.93 bits per heavy atom. The van der Waals surface area contributed by atoms with Crippen LogP contribution in [0.2, 0.25) is 0 Å². The second-order valence-electron chi connectivity index (χ2n) is 4.70. The number of sulfone groups is 1. The highest BCUT2D eigenvalue weighted by molar-refractivity contribution is 7.91. The number of rotatable bonds is 3. The highest BCUT2D eigenvalue weighted by Crippen LogP contribution is 2.42. The summed E-state index contributed by atoms with van der Waals surface area (Å²) in [5.41, 5.74) is 0. The van der Waals surface area contributed by atoms with Gasteiger partial charge in [-0.1, -0.05) is 0 Å². The van der Waals surface area contributed by atoms with Crippen LogP contribution in [0.4, 0.5) is 0 Å². The van der Waals surface area contributed by atoms with E-state index < -0.39 is 9.84 Å². The van der Waals surface area contributed by atoms with Crippen LogP contribution < -0.4 is 0 Å². The molecule has 0 aromatic rings. The van der Waals surface area contributed by atoms with Crippen molar-refractivity contribution in [2.75, 3.05) is 18.1 Å². The second kappa shape index (κ2) is 3.81. The highest BCUT2D eigenvalue weighted by Gasteiger charge is 2.39. The predicted octanol–water partition coefficient (Wildman–Crippen LogP) is 0.830. The fourth-order valence-electron chi connectivity index (χ4n) is 2.60. The van der Waals surface area contributed by atoms with E-state index in [4.69, 9.17) is 0 Å². The molecule has 1 heterocycles. The van der Waals surface area contributed by atoms with E-state index in [1.807, 2.05) is 0 Å². The first-order valence-corrected chi connectivity index (χ1v) is 7.26. The first-order chi connectivity index (χ1) is 6.62. The normalized spacial score (nSPS) is 33.9. The molecule has 1 aliphatic carbocycles. The van der Waals surface area contributed by atoms with Crippen LogP contribution in [-0.4, -0.2) is 31.6 Å². The molecule has 1 saturated carbocycles. The largest absolute Gasteiger partial charge is 0.396 e.